The molecule has 8 nitrogen and oxygen atoms in total. The number of thiocarbonyl (C=S) groups is 1. The number of allylic oxidation sites excluding steroid dienone is 2. The summed E-state index contributed by atoms with van der Waals surface area (Å²) < 4.78 is 0.397. The van der Waals surface area contributed by atoms with Crippen LogP contribution in [0, 0.1) is 0 Å². The molecule has 0 atom stereocenters. The van der Waals surface area contributed by atoms with Gasteiger partial charge in [0, 0.05) is 13.0 Å². The molecule has 35 heavy (non-hydrogen) atoms. The van der Waals surface area contributed by atoms with Crippen LogP contribution >= 0.6 is 35.7 Å². The predicted octanol–water partition coefficient (Wildman–Crippen LogP) is 3.65. The first kappa shape index (κ1) is 24.7. The normalized spacial score (nSPS) is 14.9. The van der Waals surface area contributed by atoms with Gasteiger partial charge in [-0.3, -0.25) is 30.1 Å². The van der Waals surface area contributed by atoms with Crippen LogP contribution in [0.25, 0.3) is 17.1 Å². The molecule has 0 saturated carbocycles. The molecule has 1 aliphatic rings. The van der Waals surface area contributed by atoms with E-state index in [1.165, 1.54) is 28.4 Å². The summed E-state index contributed by atoms with van der Waals surface area (Å²) in [4.78, 5) is 46.2. The van der Waals surface area contributed by atoms with Crippen LogP contribution in [0.3, 0.4) is 0 Å². The Hall–Kier alpha value is -3.41. The Labute approximate surface area is 215 Å². The summed E-state index contributed by atoms with van der Waals surface area (Å²) in [5.74, 6) is -0.954. The fourth-order valence-corrected chi connectivity index (χ4v) is 5.05. The van der Waals surface area contributed by atoms with Gasteiger partial charge in [-0.2, -0.15) is 0 Å². The number of rotatable bonds is 8. The quantitative estimate of drug-likeness (QED) is 0.179. The standard InChI is InChI=1S/C24H21N5O3S3/c30-20(27-28-21(31)15-34-23-25-17-10-4-5-11-18(17)26-23)13-14-29-22(32)19(35-24(29)33)12-6-9-16-7-2-1-3-8-16/h1-12H,13-15H2,(H,25,26)(H,27,30)(H,28,31). The number of imidazole rings is 1. The monoisotopic (exact) mass is 523 g/mol. The lowest BCUT2D eigenvalue weighted by Gasteiger charge is -2.14. The van der Waals surface area contributed by atoms with Crippen LogP contribution in [-0.2, 0) is 14.4 Å². The Morgan fingerprint density at radius 1 is 1.09 bits per heavy atom. The summed E-state index contributed by atoms with van der Waals surface area (Å²) in [5, 5.41) is 0.619. The van der Waals surface area contributed by atoms with Gasteiger partial charge in [0.25, 0.3) is 5.91 Å². The zero-order chi connectivity index (χ0) is 24.6. The van der Waals surface area contributed by atoms with Gasteiger partial charge in [0.2, 0.25) is 11.8 Å². The topological polar surface area (TPSA) is 107 Å². The lowest BCUT2D eigenvalue weighted by atomic mass is 10.2. The summed E-state index contributed by atoms with van der Waals surface area (Å²) >= 11 is 7.72. The predicted molar refractivity (Wildman–Crippen MR) is 143 cm³/mol. The van der Waals surface area contributed by atoms with Crippen molar-refractivity contribution in [2.24, 2.45) is 0 Å². The number of fused-ring (bicyclic) bond motifs is 1. The van der Waals surface area contributed by atoms with E-state index in [0.717, 1.165) is 16.6 Å². The number of hydrogen-bond acceptors (Lipinski definition) is 7. The zero-order valence-electron chi connectivity index (χ0n) is 18.4. The van der Waals surface area contributed by atoms with Crippen LogP contribution in [0.4, 0.5) is 0 Å². The van der Waals surface area contributed by atoms with E-state index in [0.29, 0.717) is 14.4 Å². The van der Waals surface area contributed by atoms with Gasteiger partial charge in [0.1, 0.15) is 4.32 Å². The van der Waals surface area contributed by atoms with Crippen molar-refractivity contribution in [2.45, 2.75) is 11.6 Å². The number of amides is 3. The highest BCUT2D eigenvalue weighted by Crippen LogP contribution is 2.31. The van der Waals surface area contributed by atoms with E-state index in [9.17, 15) is 14.4 Å². The second kappa shape index (κ2) is 11.8. The maximum Gasteiger partial charge on any atom is 0.266 e. The number of hydrogen-bond donors (Lipinski definition) is 3. The van der Waals surface area contributed by atoms with Crippen LogP contribution in [0.1, 0.15) is 12.0 Å². The number of hydrazine groups is 1. The molecule has 2 heterocycles. The Morgan fingerprint density at radius 2 is 1.83 bits per heavy atom. The lowest BCUT2D eigenvalue weighted by molar-refractivity contribution is -0.128. The molecule has 1 saturated heterocycles. The first-order chi connectivity index (χ1) is 17.0. The molecule has 1 fully saturated rings. The van der Waals surface area contributed by atoms with Gasteiger partial charge >= 0.3 is 0 Å². The van der Waals surface area contributed by atoms with E-state index in [2.05, 4.69) is 20.8 Å². The van der Waals surface area contributed by atoms with Crippen LogP contribution in [0.15, 0.2) is 76.8 Å². The molecule has 3 amide bonds. The third kappa shape index (κ3) is 6.81. The summed E-state index contributed by atoms with van der Waals surface area (Å²) in [6.45, 7) is 0.125. The molecule has 0 bridgehead atoms. The molecule has 0 radical (unpaired) electrons. The van der Waals surface area contributed by atoms with Crippen molar-refractivity contribution >= 4 is 74.9 Å². The maximum absolute atomic E-state index is 12.6. The number of carbonyl (C=O) groups is 3. The molecule has 3 N–H and O–H groups in total. The van der Waals surface area contributed by atoms with Crippen LogP contribution in [0.2, 0.25) is 0 Å². The number of aromatic nitrogens is 2. The summed E-state index contributed by atoms with van der Waals surface area (Å²) in [5.41, 5.74) is 7.47. The minimum absolute atomic E-state index is 0.00340. The zero-order valence-corrected chi connectivity index (χ0v) is 20.8. The van der Waals surface area contributed by atoms with Crippen LogP contribution in [0.5, 0.6) is 0 Å². The molecule has 4 rings (SSSR count). The first-order valence-electron chi connectivity index (χ1n) is 10.6. The molecule has 3 aromatic rings. The number of aromatic amines is 1. The molecule has 0 unspecified atom stereocenters. The molecule has 0 spiro atoms. The van der Waals surface area contributed by atoms with E-state index in [1.807, 2.05) is 60.7 Å². The Morgan fingerprint density at radius 3 is 2.63 bits per heavy atom. The molecule has 1 aliphatic heterocycles. The van der Waals surface area contributed by atoms with E-state index in [1.54, 1.807) is 12.2 Å². The van der Waals surface area contributed by atoms with Gasteiger partial charge in [-0.15, -0.1) is 0 Å². The number of benzene rings is 2. The third-order valence-corrected chi connectivity index (χ3v) is 7.09. The summed E-state index contributed by atoms with van der Waals surface area (Å²) in [7, 11) is 0. The fourth-order valence-electron chi connectivity index (χ4n) is 3.10. The van der Waals surface area contributed by atoms with Gasteiger partial charge in [-0.05, 0) is 23.8 Å². The van der Waals surface area contributed by atoms with Crippen molar-refractivity contribution in [3.63, 3.8) is 0 Å². The van der Waals surface area contributed by atoms with Crippen LogP contribution < -0.4 is 10.9 Å². The van der Waals surface area contributed by atoms with E-state index < -0.39 is 5.91 Å². The largest absolute Gasteiger partial charge is 0.333 e. The smallest absolute Gasteiger partial charge is 0.266 e. The van der Waals surface area contributed by atoms with Crippen molar-refractivity contribution < 1.29 is 14.4 Å². The van der Waals surface area contributed by atoms with Crippen molar-refractivity contribution in [2.75, 3.05) is 12.3 Å². The number of nitrogens with one attached hydrogen (secondary N) is 3. The maximum atomic E-state index is 12.6. The third-order valence-electron chi connectivity index (χ3n) is 4.82. The second-order valence-corrected chi connectivity index (χ2v) is 9.96. The minimum Gasteiger partial charge on any atom is -0.333 e. The number of thioether (sulfide) groups is 2. The van der Waals surface area contributed by atoms with E-state index in [-0.39, 0.29) is 30.5 Å². The molecule has 11 heteroatoms. The van der Waals surface area contributed by atoms with Crippen molar-refractivity contribution in [1.82, 2.24) is 25.7 Å². The average Bonchev–Trinajstić information content (AvgIpc) is 3.40. The Balaban J connectivity index is 1.19. The molecule has 178 valence electrons. The second-order valence-electron chi connectivity index (χ2n) is 7.32. The van der Waals surface area contributed by atoms with Crippen molar-refractivity contribution in [3.8, 4) is 0 Å². The van der Waals surface area contributed by atoms with Gasteiger partial charge in [0.15, 0.2) is 5.16 Å². The number of carbonyl (C=O) groups excluding carboxylic acids is 3. The molecule has 2 aromatic carbocycles. The minimum atomic E-state index is -0.422. The van der Waals surface area contributed by atoms with Gasteiger partial charge < -0.3 is 4.98 Å². The first-order valence-corrected chi connectivity index (χ1v) is 12.8. The van der Waals surface area contributed by atoms with Gasteiger partial charge in [0.05, 0.1) is 21.7 Å². The molecular formula is C24H21N5O3S3. The van der Waals surface area contributed by atoms with E-state index >= 15 is 0 Å². The summed E-state index contributed by atoms with van der Waals surface area (Å²) in [6.07, 6.45) is 5.41. The fraction of sp³-hybridized carbons (Fsp3) is 0.125. The van der Waals surface area contributed by atoms with Crippen molar-refractivity contribution in [1.29, 1.82) is 0 Å². The highest BCUT2D eigenvalue weighted by molar-refractivity contribution is 8.26. The SMILES string of the molecule is O=C(CCN1C(=O)C(=CC=Cc2ccccc2)SC1=S)NNC(=O)CSc1nc2ccccc2[nH]1. The van der Waals surface area contributed by atoms with E-state index in [4.69, 9.17) is 12.2 Å². The number of H-pyrrole nitrogens is 1. The Bertz CT molecular complexity index is 1290. The number of nitrogens with zero attached hydrogens (tertiary/aromatic N) is 2. The highest BCUT2D eigenvalue weighted by Gasteiger charge is 2.31. The van der Waals surface area contributed by atoms with Crippen LogP contribution in [-0.4, -0.2) is 49.2 Å². The molecule has 0 aliphatic carbocycles. The molecule has 1 aromatic heterocycles. The highest BCUT2D eigenvalue weighted by atomic mass is 32.2. The number of para-hydroxylation sites is 2. The average molecular weight is 524 g/mol. The molecular weight excluding hydrogens is 502 g/mol. The Kier molecular flexibility index (Phi) is 8.35. The summed E-state index contributed by atoms with van der Waals surface area (Å²) in [6, 6.07) is 17.3. The van der Waals surface area contributed by atoms with Crippen molar-refractivity contribution in [3.05, 3.63) is 77.2 Å². The van der Waals surface area contributed by atoms with Gasteiger partial charge in [-0.1, -0.05) is 90.4 Å². The van der Waals surface area contributed by atoms with Gasteiger partial charge in [-0.25, -0.2) is 4.98 Å². The lowest BCUT2D eigenvalue weighted by Crippen LogP contribution is -2.44.